The van der Waals surface area contributed by atoms with Crippen molar-refractivity contribution >= 4 is 18.0 Å². The Balaban J connectivity index is 0.000000480. The van der Waals surface area contributed by atoms with Gasteiger partial charge in [-0.15, -0.1) is 6.58 Å². The molecular formula is C36H43ClN4O2. The first kappa shape index (κ1) is 33.5. The van der Waals surface area contributed by atoms with Crippen LogP contribution in [0.3, 0.4) is 0 Å². The van der Waals surface area contributed by atoms with Crippen molar-refractivity contribution in [3.63, 3.8) is 0 Å². The number of aromatic nitrogens is 1. The molecule has 0 fully saturated rings. The van der Waals surface area contributed by atoms with Crippen LogP contribution >= 0.6 is 11.6 Å². The topological polar surface area (TPSA) is 57.7 Å². The summed E-state index contributed by atoms with van der Waals surface area (Å²) < 4.78 is 5.44. The molecule has 1 aromatic heterocycles. The number of benzene rings is 3. The fourth-order valence-electron chi connectivity index (χ4n) is 4.82. The molecular weight excluding hydrogens is 556 g/mol. The minimum absolute atomic E-state index is 0.264. The van der Waals surface area contributed by atoms with E-state index >= 15 is 0 Å². The zero-order valence-electron chi connectivity index (χ0n) is 25.2. The molecule has 1 unspecified atom stereocenters. The minimum atomic E-state index is 0.264. The molecule has 0 saturated heterocycles. The van der Waals surface area contributed by atoms with Crippen molar-refractivity contribution in [2.24, 2.45) is 0 Å². The number of ether oxygens (including phenoxy) is 1. The number of carbonyl (C=O) groups excluding carboxylic acids is 1. The van der Waals surface area contributed by atoms with Gasteiger partial charge in [0.05, 0.1) is 7.11 Å². The number of rotatable bonds is 16. The van der Waals surface area contributed by atoms with Gasteiger partial charge < -0.3 is 15.0 Å². The van der Waals surface area contributed by atoms with Crippen LogP contribution in [-0.2, 0) is 30.7 Å². The van der Waals surface area contributed by atoms with E-state index < -0.39 is 0 Å². The van der Waals surface area contributed by atoms with E-state index in [0.717, 1.165) is 56.2 Å². The molecule has 0 spiro atoms. The summed E-state index contributed by atoms with van der Waals surface area (Å²) in [6.45, 7) is 7.46. The summed E-state index contributed by atoms with van der Waals surface area (Å²) in [5, 5.41) is 3.53. The fraction of sp³-hybridized carbons (Fsp3) is 0.278. The minimum Gasteiger partial charge on any atom is -0.497 e. The zero-order valence-corrected chi connectivity index (χ0v) is 26.0. The Morgan fingerprint density at radius 3 is 2.23 bits per heavy atom. The highest BCUT2D eigenvalue weighted by atomic mass is 35.5. The van der Waals surface area contributed by atoms with Crippen molar-refractivity contribution in [1.29, 1.82) is 0 Å². The Morgan fingerprint density at radius 1 is 0.907 bits per heavy atom. The Hall–Kier alpha value is -3.97. The van der Waals surface area contributed by atoms with Crippen LogP contribution in [0.1, 0.15) is 22.3 Å². The lowest BCUT2D eigenvalue weighted by Crippen LogP contribution is -2.45. The van der Waals surface area contributed by atoms with E-state index in [0.29, 0.717) is 6.54 Å². The van der Waals surface area contributed by atoms with Gasteiger partial charge in [0.15, 0.2) is 0 Å². The quantitative estimate of drug-likeness (QED) is 0.0912. The Kier molecular flexibility index (Phi) is 15.0. The van der Waals surface area contributed by atoms with E-state index in [9.17, 15) is 4.79 Å². The van der Waals surface area contributed by atoms with E-state index in [1.54, 1.807) is 19.5 Å². The Labute approximate surface area is 262 Å². The molecule has 0 aliphatic carbocycles. The number of methoxy groups -OCH3 is 1. The molecule has 0 bridgehead atoms. The van der Waals surface area contributed by atoms with Crippen LogP contribution in [0.25, 0.3) is 0 Å². The Morgan fingerprint density at radius 2 is 1.58 bits per heavy atom. The number of hydrogen-bond acceptors (Lipinski definition) is 5. The summed E-state index contributed by atoms with van der Waals surface area (Å²) in [5.41, 5.74) is 4.94. The molecule has 0 aliphatic rings. The first-order valence-electron chi connectivity index (χ1n) is 14.5. The van der Waals surface area contributed by atoms with Crippen molar-refractivity contribution in [1.82, 2.24) is 20.1 Å². The third-order valence-corrected chi connectivity index (χ3v) is 7.30. The maximum atomic E-state index is 10.8. The van der Waals surface area contributed by atoms with E-state index in [2.05, 4.69) is 76.2 Å². The monoisotopic (exact) mass is 598 g/mol. The second-order valence-corrected chi connectivity index (χ2v) is 10.8. The Bertz CT molecular complexity index is 1350. The van der Waals surface area contributed by atoms with Crippen LogP contribution in [0, 0.1) is 0 Å². The highest BCUT2D eigenvalue weighted by Crippen LogP contribution is 2.19. The summed E-state index contributed by atoms with van der Waals surface area (Å²) >= 11 is 6.28. The van der Waals surface area contributed by atoms with Gasteiger partial charge in [-0.2, -0.15) is 0 Å². The maximum absolute atomic E-state index is 10.8. The molecule has 1 amide bonds. The summed E-state index contributed by atoms with van der Waals surface area (Å²) in [7, 11) is 3.82. The third kappa shape index (κ3) is 12.8. The van der Waals surface area contributed by atoms with Crippen molar-refractivity contribution in [3.8, 4) is 5.75 Å². The summed E-state index contributed by atoms with van der Waals surface area (Å²) in [4.78, 5) is 19.4. The highest BCUT2D eigenvalue weighted by Gasteiger charge is 2.20. The van der Waals surface area contributed by atoms with Crippen LogP contribution in [0.2, 0.25) is 5.02 Å². The van der Waals surface area contributed by atoms with Crippen LogP contribution in [0.15, 0.2) is 116 Å². The van der Waals surface area contributed by atoms with Crippen LogP contribution < -0.4 is 10.1 Å². The smallest absolute Gasteiger partial charge is 0.207 e. The predicted molar refractivity (Wildman–Crippen MR) is 177 cm³/mol. The number of likely N-dealkylation sites (N-methyl/N-ethyl adjacent to an activating group) is 1. The molecule has 0 radical (unpaired) electrons. The molecule has 226 valence electrons. The van der Waals surface area contributed by atoms with Gasteiger partial charge in [-0.3, -0.25) is 14.7 Å². The first-order valence-corrected chi connectivity index (χ1v) is 14.9. The van der Waals surface area contributed by atoms with Crippen molar-refractivity contribution in [2.45, 2.75) is 32.0 Å². The van der Waals surface area contributed by atoms with Crippen molar-refractivity contribution in [2.75, 3.05) is 33.8 Å². The maximum Gasteiger partial charge on any atom is 0.207 e. The van der Waals surface area contributed by atoms with Gasteiger partial charge in [-0.25, -0.2) is 0 Å². The highest BCUT2D eigenvalue weighted by molar-refractivity contribution is 6.30. The number of amides is 1. The van der Waals surface area contributed by atoms with Crippen LogP contribution in [0.4, 0.5) is 0 Å². The van der Waals surface area contributed by atoms with E-state index in [4.69, 9.17) is 16.3 Å². The predicted octanol–water partition coefficient (Wildman–Crippen LogP) is 6.45. The van der Waals surface area contributed by atoms with Gasteiger partial charge in [-0.1, -0.05) is 72.3 Å². The molecule has 0 aliphatic heterocycles. The molecule has 0 saturated carbocycles. The normalized spacial score (nSPS) is 11.4. The number of nitrogens with zero attached hydrogens (tertiary/aromatic N) is 3. The number of hydrogen-bond donors (Lipinski definition) is 1. The zero-order chi connectivity index (χ0) is 30.7. The second kappa shape index (κ2) is 19.3. The van der Waals surface area contributed by atoms with Gasteiger partial charge in [0.25, 0.3) is 0 Å². The molecule has 43 heavy (non-hydrogen) atoms. The molecule has 6 nitrogen and oxygen atoms in total. The molecule has 4 aromatic rings. The van der Waals surface area contributed by atoms with Crippen molar-refractivity contribution < 1.29 is 9.53 Å². The molecule has 1 N–H and O–H groups in total. The lowest BCUT2D eigenvalue weighted by atomic mass is 10.0. The first-order chi connectivity index (χ1) is 21.0. The van der Waals surface area contributed by atoms with Gasteiger partial charge in [0.2, 0.25) is 6.41 Å². The summed E-state index contributed by atoms with van der Waals surface area (Å²) in [6, 6.07) is 31.1. The number of pyridine rings is 1. The summed E-state index contributed by atoms with van der Waals surface area (Å²) in [5.74, 6) is 0.859. The standard InChI is InChI=1S/C28H34ClN3O2.C8H9N/c1-31(15-14-30-22-33)27(17-23-8-4-3-5-9-23)21-32(19-24-10-6-12-26(29)16-24)20-25-11-7-13-28(18-25)34-2;1-2-3-8-4-6-9-7-5-8/h3-13,16,18,22,27H,14-15,17,19-21H2,1-2H3,(H,30,33);2,4-7H,1,3H2. The van der Waals surface area contributed by atoms with Crippen LogP contribution in [0.5, 0.6) is 5.75 Å². The van der Waals surface area contributed by atoms with Crippen molar-refractivity contribution in [3.05, 3.63) is 143 Å². The average molecular weight is 599 g/mol. The van der Waals surface area contributed by atoms with E-state index in [1.165, 1.54) is 22.3 Å². The van der Waals surface area contributed by atoms with E-state index in [-0.39, 0.29) is 6.04 Å². The van der Waals surface area contributed by atoms with Gasteiger partial charge >= 0.3 is 0 Å². The van der Waals surface area contributed by atoms with Gasteiger partial charge in [0.1, 0.15) is 5.75 Å². The number of carbonyl (C=O) groups is 1. The largest absolute Gasteiger partial charge is 0.497 e. The number of allylic oxidation sites excluding steroid dienone is 1. The van der Waals surface area contributed by atoms with Gasteiger partial charge in [-0.05, 0) is 78.5 Å². The molecule has 3 aromatic carbocycles. The lowest BCUT2D eigenvalue weighted by Gasteiger charge is -2.34. The summed E-state index contributed by atoms with van der Waals surface area (Å²) in [6.07, 6.45) is 8.08. The SMILES string of the molecule is C=CCc1ccncc1.COc1cccc(CN(Cc2cccc(Cl)c2)CC(Cc2ccccc2)N(C)CCNC=O)c1. The fourth-order valence-corrected chi connectivity index (χ4v) is 5.03. The molecule has 7 heteroatoms. The van der Waals surface area contributed by atoms with Crippen LogP contribution in [-0.4, -0.2) is 61.0 Å². The average Bonchev–Trinajstić information content (AvgIpc) is 3.02. The lowest BCUT2D eigenvalue weighted by molar-refractivity contribution is -0.109. The molecule has 1 atom stereocenters. The third-order valence-electron chi connectivity index (χ3n) is 7.06. The number of halogens is 1. The van der Waals surface area contributed by atoms with Gasteiger partial charge in [0, 0.05) is 56.2 Å². The van der Waals surface area contributed by atoms with E-state index in [1.807, 2.05) is 54.6 Å². The molecule has 4 rings (SSSR count). The molecule has 1 heterocycles. The second-order valence-electron chi connectivity index (χ2n) is 10.4. The number of nitrogens with one attached hydrogen (secondary N) is 1.